The van der Waals surface area contributed by atoms with E-state index in [0.717, 1.165) is 57.3 Å². The smallest absolute Gasteiger partial charge is 0.270 e. The first-order valence-corrected chi connectivity index (χ1v) is 12.8. The molecule has 1 atom stereocenters. The quantitative estimate of drug-likeness (QED) is 0.354. The van der Waals surface area contributed by atoms with Crippen LogP contribution in [0.3, 0.4) is 0 Å². The molecule has 178 valence electrons. The van der Waals surface area contributed by atoms with Crippen LogP contribution in [0.25, 0.3) is 21.1 Å². The third-order valence-electron chi connectivity index (χ3n) is 6.15. The lowest BCUT2D eigenvalue weighted by molar-refractivity contribution is 0.0927. The van der Waals surface area contributed by atoms with Crippen LogP contribution in [0.15, 0.2) is 60.8 Å². The maximum Gasteiger partial charge on any atom is 0.270 e. The van der Waals surface area contributed by atoms with Crippen molar-refractivity contribution in [3.8, 4) is 26.9 Å². The van der Waals surface area contributed by atoms with Crippen LogP contribution in [0.4, 0.5) is 0 Å². The molecule has 0 radical (unpaired) electrons. The number of rotatable bonds is 6. The molecule has 2 heterocycles. The summed E-state index contributed by atoms with van der Waals surface area (Å²) in [6.07, 6.45) is 4.63. The molecule has 7 heteroatoms. The lowest BCUT2D eigenvalue weighted by atomic mass is 9.85. The normalized spacial score (nSPS) is 15.0. The summed E-state index contributed by atoms with van der Waals surface area (Å²) >= 11 is 1.59. The van der Waals surface area contributed by atoms with Crippen LogP contribution in [0.2, 0.25) is 0 Å². The number of hydrogen-bond acceptors (Lipinski definition) is 6. The molecule has 4 aromatic rings. The van der Waals surface area contributed by atoms with Crippen LogP contribution in [0.5, 0.6) is 5.75 Å². The molecule has 6 nitrogen and oxygen atoms in total. The predicted octanol–water partition coefficient (Wildman–Crippen LogP) is 6.17. The van der Waals surface area contributed by atoms with Crippen LogP contribution in [-0.4, -0.2) is 27.2 Å². The van der Waals surface area contributed by atoms with Gasteiger partial charge in [-0.2, -0.15) is 0 Å². The Kier molecular flexibility index (Phi) is 6.59. The SMILES string of the molecule is Cc1cc(-c2nnc(-c3cccc4c3CCC[C@H]4NC(=O)c3ccccn3)s2)ccc1OC(C)C. The molecule has 5 rings (SSSR count). The Labute approximate surface area is 209 Å². The van der Waals surface area contributed by atoms with Crippen LogP contribution in [0.1, 0.15) is 59.9 Å². The highest BCUT2D eigenvalue weighted by Gasteiger charge is 2.26. The lowest BCUT2D eigenvalue weighted by Crippen LogP contribution is -2.31. The fourth-order valence-corrected chi connectivity index (χ4v) is 5.44. The number of fused-ring (bicyclic) bond motifs is 1. The van der Waals surface area contributed by atoms with Gasteiger partial charge in [0.2, 0.25) is 0 Å². The van der Waals surface area contributed by atoms with E-state index in [-0.39, 0.29) is 18.1 Å². The highest BCUT2D eigenvalue weighted by atomic mass is 32.1. The molecule has 0 saturated heterocycles. The van der Waals surface area contributed by atoms with Gasteiger partial charge in [0, 0.05) is 17.3 Å². The minimum atomic E-state index is -0.146. The molecule has 0 unspecified atom stereocenters. The molecule has 35 heavy (non-hydrogen) atoms. The summed E-state index contributed by atoms with van der Waals surface area (Å²) in [6.45, 7) is 6.11. The first-order chi connectivity index (χ1) is 17.0. The third kappa shape index (κ3) is 4.95. The molecule has 1 aliphatic rings. The Morgan fingerprint density at radius 1 is 1.09 bits per heavy atom. The minimum Gasteiger partial charge on any atom is -0.491 e. The summed E-state index contributed by atoms with van der Waals surface area (Å²) in [4.78, 5) is 16.9. The molecule has 0 fully saturated rings. The summed E-state index contributed by atoms with van der Waals surface area (Å²) in [7, 11) is 0. The van der Waals surface area contributed by atoms with Gasteiger partial charge in [0.25, 0.3) is 5.91 Å². The number of nitrogens with one attached hydrogen (secondary N) is 1. The molecule has 1 N–H and O–H groups in total. The van der Waals surface area contributed by atoms with Crippen molar-refractivity contribution < 1.29 is 9.53 Å². The number of hydrogen-bond donors (Lipinski definition) is 1. The second-order valence-corrected chi connectivity index (χ2v) is 10.0. The second-order valence-electron chi connectivity index (χ2n) is 9.07. The molecule has 0 bridgehead atoms. The van der Waals surface area contributed by atoms with Crippen molar-refractivity contribution >= 4 is 17.2 Å². The molecular weight excluding hydrogens is 456 g/mol. The fraction of sp³-hybridized carbons (Fsp3) is 0.286. The fourth-order valence-electron chi connectivity index (χ4n) is 4.55. The van der Waals surface area contributed by atoms with E-state index >= 15 is 0 Å². The van der Waals surface area contributed by atoms with Crippen molar-refractivity contribution in [2.45, 2.75) is 52.2 Å². The molecule has 1 aliphatic carbocycles. The predicted molar refractivity (Wildman–Crippen MR) is 139 cm³/mol. The number of aryl methyl sites for hydroxylation is 1. The summed E-state index contributed by atoms with van der Waals surface area (Å²) in [5, 5.41) is 14.0. The number of aromatic nitrogens is 3. The lowest BCUT2D eigenvalue weighted by Gasteiger charge is -2.27. The Morgan fingerprint density at radius 2 is 1.94 bits per heavy atom. The number of pyridine rings is 1. The monoisotopic (exact) mass is 484 g/mol. The molecule has 2 aromatic carbocycles. The zero-order valence-corrected chi connectivity index (χ0v) is 20.9. The zero-order valence-electron chi connectivity index (χ0n) is 20.1. The van der Waals surface area contributed by atoms with Crippen LogP contribution < -0.4 is 10.1 Å². The molecule has 0 spiro atoms. The Balaban J connectivity index is 1.41. The standard InChI is InChI=1S/C28H28N4O2S/c1-17(2)34-25-14-13-19(16-18(25)3)27-31-32-28(35-27)22-10-6-9-21-20(22)8-7-12-23(21)30-26(33)24-11-4-5-15-29-24/h4-6,9-11,13-17,23H,7-8,12H2,1-3H3,(H,30,33)/t23-/m1/s1. The number of carbonyl (C=O) groups is 1. The van der Waals surface area contributed by atoms with Gasteiger partial charge in [-0.25, -0.2) is 0 Å². The highest BCUT2D eigenvalue weighted by Crippen LogP contribution is 2.39. The first-order valence-electron chi connectivity index (χ1n) is 11.9. The van der Waals surface area contributed by atoms with Crippen molar-refractivity contribution in [1.29, 1.82) is 0 Å². The minimum absolute atomic E-state index is 0.0447. The van der Waals surface area contributed by atoms with Crippen LogP contribution in [0, 0.1) is 6.92 Å². The summed E-state index contributed by atoms with van der Waals surface area (Å²) in [5.41, 5.74) is 6.04. The molecular formula is C28H28N4O2S. The summed E-state index contributed by atoms with van der Waals surface area (Å²) in [5.74, 6) is 0.747. The van der Waals surface area contributed by atoms with Crippen molar-refractivity contribution in [3.05, 3.63) is 83.2 Å². The largest absolute Gasteiger partial charge is 0.491 e. The topological polar surface area (TPSA) is 77.0 Å². The van der Waals surface area contributed by atoms with Gasteiger partial charge in [-0.3, -0.25) is 9.78 Å². The molecule has 0 aliphatic heterocycles. The van der Waals surface area contributed by atoms with Crippen LogP contribution >= 0.6 is 11.3 Å². The molecule has 0 saturated carbocycles. The van der Waals surface area contributed by atoms with Gasteiger partial charge in [0.05, 0.1) is 12.1 Å². The van der Waals surface area contributed by atoms with E-state index in [9.17, 15) is 4.79 Å². The summed E-state index contributed by atoms with van der Waals surface area (Å²) < 4.78 is 5.87. The Hall–Kier alpha value is -3.58. The van der Waals surface area contributed by atoms with Crippen molar-refractivity contribution in [2.24, 2.45) is 0 Å². The van der Waals surface area contributed by atoms with Crippen molar-refractivity contribution in [3.63, 3.8) is 0 Å². The van der Waals surface area contributed by atoms with Crippen molar-refractivity contribution in [2.75, 3.05) is 0 Å². The van der Waals surface area contributed by atoms with Gasteiger partial charge in [0.1, 0.15) is 21.5 Å². The van der Waals surface area contributed by atoms with Crippen LogP contribution in [-0.2, 0) is 6.42 Å². The molecule has 2 aromatic heterocycles. The Bertz CT molecular complexity index is 1350. The second kappa shape index (κ2) is 9.96. The van der Waals surface area contributed by atoms with Gasteiger partial charge in [-0.15, -0.1) is 10.2 Å². The maximum absolute atomic E-state index is 12.7. The van der Waals surface area contributed by atoms with Gasteiger partial charge in [-0.05, 0) is 87.1 Å². The average molecular weight is 485 g/mol. The van der Waals surface area contributed by atoms with Gasteiger partial charge < -0.3 is 10.1 Å². The Morgan fingerprint density at radius 3 is 2.71 bits per heavy atom. The average Bonchev–Trinajstić information content (AvgIpc) is 3.35. The zero-order chi connectivity index (χ0) is 24.4. The number of nitrogens with zero attached hydrogens (tertiary/aromatic N) is 3. The van der Waals surface area contributed by atoms with E-state index in [1.165, 1.54) is 5.56 Å². The van der Waals surface area contributed by atoms with Gasteiger partial charge in [-0.1, -0.05) is 35.6 Å². The van der Waals surface area contributed by atoms with E-state index < -0.39 is 0 Å². The van der Waals surface area contributed by atoms with E-state index in [2.05, 4.69) is 45.6 Å². The number of ether oxygens (including phenoxy) is 1. The number of amides is 1. The van der Waals surface area contributed by atoms with E-state index in [1.807, 2.05) is 44.2 Å². The van der Waals surface area contributed by atoms with Gasteiger partial charge >= 0.3 is 0 Å². The third-order valence-corrected chi connectivity index (χ3v) is 7.16. The van der Waals surface area contributed by atoms with E-state index in [1.54, 1.807) is 23.6 Å². The van der Waals surface area contributed by atoms with Crippen molar-refractivity contribution in [1.82, 2.24) is 20.5 Å². The van der Waals surface area contributed by atoms with Gasteiger partial charge in [0.15, 0.2) is 0 Å². The highest BCUT2D eigenvalue weighted by molar-refractivity contribution is 7.17. The van der Waals surface area contributed by atoms with E-state index in [4.69, 9.17) is 4.74 Å². The number of benzene rings is 2. The summed E-state index contributed by atoms with van der Waals surface area (Å²) in [6, 6.07) is 17.7. The molecule has 1 amide bonds. The first kappa shape index (κ1) is 23.2. The number of carbonyl (C=O) groups excluding carboxylic acids is 1. The maximum atomic E-state index is 12.7. The van der Waals surface area contributed by atoms with E-state index in [0.29, 0.717) is 5.69 Å².